The van der Waals surface area contributed by atoms with E-state index < -0.39 is 12.1 Å². The fourth-order valence-electron chi connectivity index (χ4n) is 7.13. The Morgan fingerprint density at radius 3 is 0.915 bits per heavy atom. The smallest absolute Gasteiger partial charge is 0.306 e. The summed E-state index contributed by atoms with van der Waals surface area (Å²) >= 11 is 0. The number of hydrogen-bond acceptors (Lipinski definition) is 6. The lowest BCUT2D eigenvalue weighted by atomic mass is 10.1. The van der Waals surface area contributed by atoms with Crippen LogP contribution < -0.4 is 0 Å². The SMILES string of the molecule is CC/C=C\C/C=C\C/C=C\C/C=C\C/C=C\C/C=C\CCC(=O)O[C@H](COC(=O)CCCCCC/C=C\C/C=C\C/C=C\C/C=C\CC)COC(=O)CCCCCCCCC/C=C\C/C=C\CCCCC. The molecule has 6 heteroatoms. The van der Waals surface area contributed by atoms with Gasteiger partial charge in [-0.25, -0.2) is 0 Å². The highest BCUT2D eigenvalue weighted by atomic mass is 16.6. The normalized spacial score (nSPS) is 13.2. The molecule has 6 nitrogen and oxygen atoms in total. The lowest BCUT2D eigenvalue weighted by molar-refractivity contribution is -0.166. The summed E-state index contributed by atoms with van der Waals surface area (Å²) in [5, 5.41) is 0. The molecule has 0 heterocycles. The van der Waals surface area contributed by atoms with E-state index >= 15 is 0 Å². The predicted octanol–water partition coefficient (Wildman–Crippen LogP) is 19.2. The summed E-state index contributed by atoms with van der Waals surface area (Å²) in [7, 11) is 0. The van der Waals surface area contributed by atoms with Crippen molar-refractivity contribution in [3.8, 4) is 0 Å². The van der Waals surface area contributed by atoms with Crippen LogP contribution in [0.3, 0.4) is 0 Å². The summed E-state index contributed by atoms with van der Waals surface area (Å²) < 4.78 is 16.8. The fourth-order valence-corrected chi connectivity index (χ4v) is 7.13. The first-order valence-electron chi connectivity index (χ1n) is 28.3. The molecule has 0 bridgehead atoms. The quantitative estimate of drug-likeness (QED) is 0.0262. The van der Waals surface area contributed by atoms with E-state index in [9.17, 15) is 14.4 Å². The zero-order chi connectivity index (χ0) is 51.4. The molecular weight excluding hydrogens is 877 g/mol. The highest BCUT2D eigenvalue weighted by molar-refractivity contribution is 5.71. The first-order chi connectivity index (χ1) is 35.0. The van der Waals surface area contributed by atoms with Gasteiger partial charge in [0.2, 0.25) is 0 Å². The number of carbonyl (C=O) groups excluding carboxylic acids is 3. The summed E-state index contributed by atoms with van der Waals surface area (Å²) in [6.45, 7) is 6.28. The van der Waals surface area contributed by atoms with Gasteiger partial charge in [-0.05, 0) is 128 Å². The molecule has 0 spiro atoms. The standard InChI is InChI=1S/C65H102O6/c1-4-7-10-13-16-19-22-25-28-31-32-35-38-41-44-47-50-53-56-59-65(68)71-62(60-69-63(66)57-54-51-48-45-42-39-36-33-29-26-23-20-17-14-11-8-5-2)61-70-64(67)58-55-52-49-46-43-40-37-34-30-27-24-21-18-15-12-9-6-3/h7-8,10-11,16-21,25-30,32,35-36,39,41,44,50,53,62H,4-6,9,12-15,22-24,31,33-34,37-38,40,42-43,45-49,51-52,54-61H2,1-3H3/b10-7-,11-8-,19-16-,20-17-,21-18-,28-25-,29-26-,30-27-,35-32-,39-36-,44-41-,53-50-/t62-/m1/s1. The first-order valence-corrected chi connectivity index (χ1v) is 28.3. The van der Waals surface area contributed by atoms with Crippen molar-refractivity contribution in [2.24, 2.45) is 0 Å². The molecule has 0 aromatic heterocycles. The number of rotatable bonds is 49. The predicted molar refractivity (Wildman–Crippen MR) is 306 cm³/mol. The van der Waals surface area contributed by atoms with Crippen molar-refractivity contribution >= 4 is 17.9 Å². The second kappa shape index (κ2) is 57.9. The van der Waals surface area contributed by atoms with E-state index in [0.29, 0.717) is 19.3 Å². The Hall–Kier alpha value is -4.71. The van der Waals surface area contributed by atoms with Gasteiger partial charge >= 0.3 is 17.9 Å². The Bertz CT molecular complexity index is 1590. The van der Waals surface area contributed by atoms with Crippen LogP contribution in [0.25, 0.3) is 0 Å². The Kier molecular flexibility index (Phi) is 54.0. The Morgan fingerprint density at radius 2 is 0.577 bits per heavy atom. The topological polar surface area (TPSA) is 78.9 Å². The molecule has 0 aromatic carbocycles. The van der Waals surface area contributed by atoms with Gasteiger partial charge in [-0.1, -0.05) is 224 Å². The molecule has 0 saturated carbocycles. The van der Waals surface area contributed by atoms with Gasteiger partial charge in [0.05, 0.1) is 0 Å². The molecule has 0 radical (unpaired) electrons. The number of unbranched alkanes of at least 4 members (excludes halogenated alkanes) is 14. The molecule has 71 heavy (non-hydrogen) atoms. The lowest BCUT2D eigenvalue weighted by Gasteiger charge is -2.18. The van der Waals surface area contributed by atoms with Gasteiger partial charge in [0, 0.05) is 19.3 Å². The second-order valence-electron chi connectivity index (χ2n) is 18.1. The van der Waals surface area contributed by atoms with Crippen molar-refractivity contribution in [2.75, 3.05) is 13.2 Å². The van der Waals surface area contributed by atoms with E-state index in [0.717, 1.165) is 128 Å². The Morgan fingerprint density at radius 1 is 0.296 bits per heavy atom. The molecule has 0 aliphatic heterocycles. The third kappa shape index (κ3) is 56.1. The van der Waals surface area contributed by atoms with Crippen LogP contribution in [0.2, 0.25) is 0 Å². The van der Waals surface area contributed by atoms with Crippen molar-refractivity contribution in [3.63, 3.8) is 0 Å². The van der Waals surface area contributed by atoms with Crippen molar-refractivity contribution < 1.29 is 28.6 Å². The minimum atomic E-state index is -0.839. The molecule has 398 valence electrons. The molecule has 0 fully saturated rings. The van der Waals surface area contributed by atoms with Crippen molar-refractivity contribution in [2.45, 2.75) is 232 Å². The number of carbonyl (C=O) groups is 3. The number of ether oxygens (including phenoxy) is 3. The molecule has 0 aliphatic carbocycles. The number of esters is 3. The number of allylic oxidation sites excluding steroid dienone is 24. The molecule has 0 rings (SSSR count). The van der Waals surface area contributed by atoms with E-state index in [1.54, 1.807) is 0 Å². The van der Waals surface area contributed by atoms with Crippen LogP contribution in [0.15, 0.2) is 146 Å². The molecule has 0 amide bonds. The summed E-state index contributed by atoms with van der Waals surface area (Å²) in [5.41, 5.74) is 0. The van der Waals surface area contributed by atoms with Crippen LogP contribution in [0, 0.1) is 0 Å². The summed E-state index contributed by atoms with van der Waals surface area (Å²) in [5.74, 6) is -1.05. The third-order valence-corrected chi connectivity index (χ3v) is 11.3. The van der Waals surface area contributed by atoms with E-state index in [2.05, 4.69) is 154 Å². The van der Waals surface area contributed by atoms with Gasteiger partial charge in [-0.2, -0.15) is 0 Å². The van der Waals surface area contributed by atoms with Gasteiger partial charge in [0.1, 0.15) is 13.2 Å². The van der Waals surface area contributed by atoms with E-state index in [1.807, 2.05) is 12.2 Å². The molecule has 0 aliphatic rings. The highest BCUT2D eigenvalue weighted by Gasteiger charge is 2.19. The van der Waals surface area contributed by atoms with Crippen LogP contribution >= 0.6 is 0 Å². The maximum atomic E-state index is 12.8. The third-order valence-electron chi connectivity index (χ3n) is 11.3. The van der Waals surface area contributed by atoms with Gasteiger partial charge in [0.15, 0.2) is 6.10 Å². The summed E-state index contributed by atoms with van der Waals surface area (Å²) in [6.07, 6.45) is 82.7. The van der Waals surface area contributed by atoms with Gasteiger partial charge < -0.3 is 14.2 Å². The van der Waals surface area contributed by atoms with Crippen molar-refractivity contribution in [1.29, 1.82) is 0 Å². The van der Waals surface area contributed by atoms with E-state index in [1.165, 1.54) is 51.4 Å². The largest absolute Gasteiger partial charge is 0.462 e. The summed E-state index contributed by atoms with van der Waals surface area (Å²) in [4.78, 5) is 38.1. The fraction of sp³-hybridized carbons (Fsp3) is 0.585. The molecule has 1 atom stereocenters. The van der Waals surface area contributed by atoms with Crippen LogP contribution in [0.4, 0.5) is 0 Å². The average molecular weight is 980 g/mol. The minimum absolute atomic E-state index is 0.126. The molecular formula is C65H102O6. The van der Waals surface area contributed by atoms with Crippen LogP contribution in [0.5, 0.6) is 0 Å². The molecule has 0 unspecified atom stereocenters. The zero-order valence-electron chi connectivity index (χ0n) is 45.4. The first kappa shape index (κ1) is 66.3. The maximum Gasteiger partial charge on any atom is 0.306 e. The second-order valence-corrected chi connectivity index (χ2v) is 18.1. The lowest BCUT2D eigenvalue weighted by Crippen LogP contribution is -2.30. The average Bonchev–Trinajstić information content (AvgIpc) is 3.37. The number of hydrogen-bond donors (Lipinski definition) is 0. The molecule has 0 aromatic rings. The van der Waals surface area contributed by atoms with Crippen molar-refractivity contribution in [3.05, 3.63) is 146 Å². The molecule has 0 saturated heterocycles. The highest BCUT2D eigenvalue weighted by Crippen LogP contribution is 2.13. The van der Waals surface area contributed by atoms with Crippen LogP contribution in [-0.4, -0.2) is 37.2 Å². The van der Waals surface area contributed by atoms with Crippen LogP contribution in [0.1, 0.15) is 226 Å². The Labute approximate surface area is 436 Å². The van der Waals surface area contributed by atoms with E-state index in [-0.39, 0.29) is 31.6 Å². The monoisotopic (exact) mass is 979 g/mol. The van der Waals surface area contributed by atoms with Gasteiger partial charge in [0.25, 0.3) is 0 Å². The van der Waals surface area contributed by atoms with Crippen molar-refractivity contribution in [1.82, 2.24) is 0 Å². The van der Waals surface area contributed by atoms with Gasteiger partial charge in [-0.15, -0.1) is 0 Å². The molecule has 0 N–H and O–H groups in total. The van der Waals surface area contributed by atoms with E-state index in [4.69, 9.17) is 14.2 Å². The van der Waals surface area contributed by atoms with Gasteiger partial charge in [-0.3, -0.25) is 14.4 Å². The summed E-state index contributed by atoms with van der Waals surface area (Å²) in [6, 6.07) is 0. The zero-order valence-corrected chi connectivity index (χ0v) is 45.4. The minimum Gasteiger partial charge on any atom is -0.462 e. The maximum absolute atomic E-state index is 12.8. The Balaban J connectivity index is 4.59. The van der Waals surface area contributed by atoms with Crippen LogP contribution in [-0.2, 0) is 28.6 Å².